The molecule has 1 aromatic carbocycles. The Kier molecular flexibility index (Phi) is 3.48. The van der Waals surface area contributed by atoms with Gasteiger partial charge in [-0.25, -0.2) is 4.98 Å². The zero-order valence-electron chi connectivity index (χ0n) is 9.67. The molecule has 0 aliphatic carbocycles. The van der Waals surface area contributed by atoms with Crippen LogP contribution in [0, 0.1) is 0 Å². The van der Waals surface area contributed by atoms with E-state index in [1.54, 1.807) is 35.9 Å². The Balaban J connectivity index is 2.22. The van der Waals surface area contributed by atoms with Gasteiger partial charge in [0.25, 0.3) is 0 Å². The second-order valence-electron chi connectivity index (χ2n) is 3.71. The van der Waals surface area contributed by atoms with Gasteiger partial charge >= 0.3 is 0 Å². The molecule has 0 amide bonds. The maximum absolute atomic E-state index is 11.8. The first-order valence-electron chi connectivity index (χ1n) is 5.27. The molecule has 2 aromatic rings. The number of hydrogen-bond acceptors (Lipinski definition) is 3. The number of allylic oxidation sites excluding steroid dienone is 1. The van der Waals surface area contributed by atoms with Crippen LogP contribution in [0.4, 0.5) is 0 Å². The smallest absolute Gasteiger partial charge is 0.189 e. The Bertz CT molecular complexity index is 617. The van der Waals surface area contributed by atoms with Crippen LogP contribution in [0.25, 0.3) is 6.08 Å². The number of imidazole rings is 1. The second kappa shape index (κ2) is 5.06. The topological polar surface area (TPSA) is 55.1 Å². The molecule has 0 atom stereocenters. The van der Waals surface area contributed by atoms with Gasteiger partial charge in [-0.15, -0.1) is 0 Å². The monoisotopic (exact) mass is 262 g/mol. The predicted molar refractivity (Wildman–Crippen MR) is 69.7 cm³/mol. The third-order valence-electron chi connectivity index (χ3n) is 2.52. The number of nitrogens with zero attached hydrogens (tertiary/aromatic N) is 2. The van der Waals surface area contributed by atoms with E-state index in [1.165, 1.54) is 18.3 Å². The minimum absolute atomic E-state index is 0.0370. The Labute approximate surface area is 109 Å². The van der Waals surface area contributed by atoms with Crippen LogP contribution < -0.4 is 0 Å². The van der Waals surface area contributed by atoms with E-state index in [0.717, 1.165) is 0 Å². The predicted octanol–water partition coefficient (Wildman–Crippen LogP) is 2.68. The molecule has 18 heavy (non-hydrogen) atoms. The van der Waals surface area contributed by atoms with E-state index in [0.29, 0.717) is 11.0 Å². The molecule has 2 rings (SSSR count). The fourth-order valence-corrected chi connectivity index (χ4v) is 1.61. The molecule has 0 aliphatic heterocycles. The average molecular weight is 263 g/mol. The van der Waals surface area contributed by atoms with Gasteiger partial charge in [0.05, 0.1) is 11.8 Å². The SMILES string of the molecule is Cn1c(Cl)cnc1C=CC(=O)c1ccccc1O. The summed E-state index contributed by atoms with van der Waals surface area (Å²) in [6.45, 7) is 0. The second-order valence-corrected chi connectivity index (χ2v) is 4.10. The van der Waals surface area contributed by atoms with Gasteiger partial charge in [0.2, 0.25) is 0 Å². The van der Waals surface area contributed by atoms with Crippen LogP contribution in [0.15, 0.2) is 36.5 Å². The lowest BCUT2D eigenvalue weighted by Crippen LogP contribution is -1.96. The molecule has 1 heterocycles. The van der Waals surface area contributed by atoms with Gasteiger partial charge < -0.3 is 9.67 Å². The minimum atomic E-state index is -0.285. The van der Waals surface area contributed by atoms with Crippen LogP contribution in [0.2, 0.25) is 5.15 Å². The van der Waals surface area contributed by atoms with Gasteiger partial charge in [0.15, 0.2) is 5.78 Å². The standard InChI is InChI=1S/C13H11ClN2O2/c1-16-12(14)8-15-13(16)7-6-11(18)9-4-2-3-5-10(9)17/h2-8,17H,1H3. The number of aromatic hydroxyl groups is 1. The average Bonchev–Trinajstić information content (AvgIpc) is 2.68. The molecule has 4 nitrogen and oxygen atoms in total. The van der Waals surface area contributed by atoms with E-state index < -0.39 is 0 Å². The van der Waals surface area contributed by atoms with E-state index in [9.17, 15) is 9.90 Å². The number of benzene rings is 1. The summed E-state index contributed by atoms with van der Waals surface area (Å²) in [6, 6.07) is 6.39. The summed E-state index contributed by atoms with van der Waals surface area (Å²) in [6.07, 6.45) is 4.42. The highest BCUT2D eigenvalue weighted by molar-refractivity contribution is 6.29. The van der Waals surface area contributed by atoms with Gasteiger partial charge in [-0.3, -0.25) is 4.79 Å². The molecule has 0 spiro atoms. The van der Waals surface area contributed by atoms with Crippen molar-refractivity contribution < 1.29 is 9.90 Å². The van der Waals surface area contributed by atoms with Crippen molar-refractivity contribution in [1.29, 1.82) is 0 Å². The van der Waals surface area contributed by atoms with E-state index in [4.69, 9.17) is 11.6 Å². The van der Waals surface area contributed by atoms with Crippen molar-refractivity contribution in [2.24, 2.45) is 7.05 Å². The number of para-hydroxylation sites is 1. The third kappa shape index (κ3) is 2.43. The fourth-order valence-electron chi connectivity index (χ4n) is 1.48. The van der Waals surface area contributed by atoms with Crippen LogP contribution >= 0.6 is 11.6 Å². The van der Waals surface area contributed by atoms with E-state index in [1.807, 2.05) is 0 Å². The molecule has 0 saturated carbocycles. The molecule has 0 fully saturated rings. The quantitative estimate of drug-likeness (QED) is 0.683. The number of ketones is 1. The number of phenols is 1. The van der Waals surface area contributed by atoms with Crippen molar-refractivity contribution in [3.63, 3.8) is 0 Å². The summed E-state index contributed by atoms with van der Waals surface area (Å²) in [7, 11) is 1.75. The summed E-state index contributed by atoms with van der Waals surface area (Å²) in [4.78, 5) is 15.9. The lowest BCUT2D eigenvalue weighted by Gasteiger charge is -1.99. The molecule has 1 N–H and O–H groups in total. The first kappa shape index (κ1) is 12.4. The highest BCUT2D eigenvalue weighted by Gasteiger charge is 2.07. The summed E-state index contributed by atoms with van der Waals surface area (Å²) < 4.78 is 1.65. The molecule has 0 unspecified atom stereocenters. The van der Waals surface area contributed by atoms with Crippen LogP contribution in [0.1, 0.15) is 16.2 Å². The zero-order chi connectivity index (χ0) is 13.1. The molecule has 1 aromatic heterocycles. The summed E-state index contributed by atoms with van der Waals surface area (Å²) in [5, 5.41) is 10.0. The van der Waals surface area contributed by atoms with E-state index >= 15 is 0 Å². The van der Waals surface area contributed by atoms with E-state index in [-0.39, 0.29) is 17.1 Å². The van der Waals surface area contributed by atoms with Crippen molar-refractivity contribution in [2.75, 3.05) is 0 Å². The Morgan fingerprint density at radius 2 is 2.17 bits per heavy atom. The van der Waals surface area contributed by atoms with Crippen molar-refractivity contribution in [3.05, 3.63) is 53.1 Å². The molecule has 92 valence electrons. The van der Waals surface area contributed by atoms with Gasteiger partial charge in [0, 0.05) is 7.05 Å². The zero-order valence-corrected chi connectivity index (χ0v) is 10.4. The molecule has 5 heteroatoms. The fraction of sp³-hybridized carbons (Fsp3) is 0.0769. The van der Waals surface area contributed by atoms with Crippen LogP contribution in [-0.4, -0.2) is 20.4 Å². The molecular weight excluding hydrogens is 252 g/mol. The van der Waals surface area contributed by atoms with Crippen molar-refractivity contribution in [2.45, 2.75) is 0 Å². The van der Waals surface area contributed by atoms with Crippen molar-refractivity contribution in [3.8, 4) is 5.75 Å². The lowest BCUT2D eigenvalue weighted by molar-refractivity contribution is 0.104. The maximum atomic E-state index is 11.8. The third-order valence-corrected chi connectivity index (χ3v) is 2.87. The van der Waals surface area contributed by atoms with Crippen LogP contribution in [-0.2, 0) is 7.05 Å². The van der Waals surface area contributed by atoms with Crippen LogP contribution in [0.5, 0.6) is 5.75 Å². The van der Waals surface area contributed by atoms with Gasteiger partial charge in [-0.2, -0.15) is 0 Å². The lowest BCUT2D eigenvalue weighted by atomic mass is 10.1. The first-order chi connectivity index (χ1) is 8.59. The Morgan fingerprint density at radius 1 is 1.44 bits per heavy atom. The van der Waals surface area contributed by atoms with Crippen molar-refractivity contribution >= 4 is 23.5 Å². The van der Waals surface area contributed by atoms with Gasteiger partial charge in [0.1, 0.15) is 16.7 Å². The van der Waals surface area contributed by atoms with Gasteiger partial charge in [-0.05, 0) is 24.3 Å². The van der Waals surface area contributed by atoms with Gasteiger partial charge in [-0.1, -0.05) is 23.7 Å². The molecule has 0 bridgehead atoms. The number of hydrogen-bond donors (Lipinski definition) is 1. The maximum Gasteiger partial charge on any atom is 0.189 e. The highest BCUT2D eigenvalue weighted by Crippen LogP contribution is 2.17. The Morgan fingerprint density at radius 3 is 2.78 bits per heavy atom. The number of carbonyl (C=O) groups excluding carboxylic acids is 1. The number of carbonyl (C=O) groups is 1. The van der Waals surface area contributed by atoms with E-state index in [2.05, 4.69) is 4.98 Å². The van der Waals surface area contributed by atoms with Crippen LogP contribution in [0.3, 0.4) is 0 Å². The molecule has 0 radical (unpaired) electrons. The summed E-state index contributed by atoms with van der Waals surface area (Å²) in [5.74, 6) is 0.251. The number of aromatic nitrogens is 2. The molecule has 0 aliphatic rings. The Hall–Kier alpha value is -2.07. The summed E-state index contributed by atoms with van der Waals surface area (Å²) in [5.41, 5.74) is 0.258. The normalized spacial score (nSPS) is 11.0. The number of phenolic OH excluding ortho intramolecular Hbond substituents is 1. The summed E-state index contributed by atoms with van der Waals surface area (Å²) >= 11 is 5.83. The molecule has 0 saturated heterocycles. The highest BCUT2D eigenvalue weighted by atomic mass is 35.5. The first-order valence-corrected chi connectivity index (χ1v) is 5.65. The largest absolute Gasteiger partial charge is 0.507 e. The van der Waals surface area contributed by atoms with Crippen molar-refractivity contribution in [1.82, 2.24) is 9.55 Å². The molecular formula is C13H11ClN2O2. The number of rotatable bonds is 3. The number of halogens is 1. The minimum Gasteiger partial charge on any atom is -0.507 e.